The SMILES string of the molecule is CCCn1ncc(Br)c1C(O)c1ncc(Br)cc1Br. The maximum absolute atomic E-state index is 10.5. The molecule has 19 heavy (non-hydrogen) atoms. The molecule has 0 aliphatic rings. The number of hydrogen-bond acceptors (Lipinski definition) is 3. The first kappa shape index (κ1) is 15.2. The van der Waals surface area contributed by atoms with Crippen LogP contribution in [0.1, 0.15) is 30.8 Å². The third-order valence-corrected chi connectivity index (χ3v) is 4.30. The van der Waals surface area contributed by atoms with Crippen molar-refractivity contribution in [3.63, 3.8) is 0 Å². The third-order valence-electron chi connectivity index (χ3n) is 2.62. The van der Waals surface area contributed by atoms with E-state index in [4.69, 9.17) is 0 Å². The molecule has 2 aromatic heterocycles. The summed E-state index contributed by atoms with van der Waals surface area (Å²) in [6.45, 7) is 2.83. The van der Waals surface area contributed by atoms with Gasteiger partial charge in [-0.1, -0.05) is 6.92 Å². The zero-order valence-electron chi connectivity index (χ0n) is 10.1. The topological polar surface area (TPSA) is 50.9 Å². The van der Waals surface area contributed by atoms with Crippen LogP contribution in [0.15, 0.2) is 31.9 Å². The average Bonchev–Trinajstić information content (AvgIpc) is 2.70. The van der Waals surface area contributed by atoms with Gasteiger partial charge in [-0.05, 0) is 60.3 Å². The predicted molar refractivity (Wildman–Crippen MR) is 83.9 cm³/mol. The molecule has 0 bridgehead atoms. The van der Waals surface area contributed by atoms with Gasteiger partial charge < -0.3 is 5.11 Å². The first-order valence-corrected chi connectivity index (χ1v) is 8.12. The standard InChI is InChI=1S/C12H12Br3N3O/c1-2-3-18-11(9(15)6-17-18)12(19)10-8(14)4-7(13)5-16-10/h4-6,12,19H,2-3H2,1H3. The second-order valence-corrected chi connectivity index (χ2v) is 6.65. The van der Waals surface area contributed by atoms with E-state index in [9.17, 15) is 5.11 Å². The van der Waals surface area contributed by atoms with Crippen LogP contribution in [-0.4, -0.2) is 19.9 Å². The van der Waals surface area contributed by atoms with Gasteiger partial charge in [0.25, 0.3) is 0 Å². The van der Waals surface area contributed by atoms with Gasteiger partial charge in [-0.3, -0.25) is 9.67 Å². The molecule has 2 heterocycles. The van der Waals surface area contributed by atoms with Crippen LogP contribution in [0.25, 0.3) is 0 Å². The van der Waals surface area contributed by atoms with Crippen molar-refractivity contribution in [2.24, 2.45) is 0 Å². The number of halogens is 3. The van der Waals surface area contributed by atoms with Crippen LogP contribution >= 0.6 is 47.8 Å². The molecule has 0 aromatic carbocycles. The zero-order valence-corrected chi connectivity index (χ0v) is 14.9. The summed E-state index contributed by atoms with van der Waals surface area (Å²) in [6, 6.07) is 1.86. The second-order valence-electron chi connectivity index (χ2n) is 4.02. The van der Waals surface area contributed by atoms with E-state index in [1.54, 1.807) is 17.1 Å². The fourth-order valence-electron chi connectivity index (χ4n) is 1.79. The van der Waals surface area contributed by atoms with Crippen molar-refractivity contribution in [3.05, 3.63) is 43.3 Å². The van der Waals surface area contributed by atoms with Gasteiger partial charge in [-0.15, -0.1) is 0 Å². The first-order chi connectivity index (χ1) is 9.04. The highest BCUT2D eigenvalue weighted by Crippen LogP contribution is 2.32. The molecular formula is C12H12Br3N3O. The molecule has 2 aromatic rings. The Hall–Kier alpha value is -0.240. The van der Waals surface area contributed by atoms with E-state index in [2.05, 4.69) is 64.8 Å². The minimum atomic E-state index is -0.828. The molecule has 0 saturated carbocycles. The van der Waals surface area contributed by atoms with Crippen molar-refractivity contribution in [2.75, 3.05) is 0 Å². The molecular weight excluding hydrogens is 442 g/mol. The number of aromatic nitrogens is 3. The number of aliphatic hydroxyl groups is 1. The molecule has 4 nitrogen and oxygen atoms in total. The second kappa shape index (κ2) is 6.47. The Labute approximate surface area is 136 Å². The zero-order chi connectivity index (χ0) is 14.0. The van der Waals surface area contributed by atoms with Crippen LogP contribution in [0.4, 0.5) is 0 Å². The largest absolute Gasteiger partial charge is 0.380 e. The highest BCUT2D eigenvalue weighted by molar-refractivity contribution is 9.11. The maximum atomic E-state index is 10.5. The minimum Gasteiger partial charge on any atom is -0.380 e. The summed E-state index contributed by atoms with van der Waals surface area (Å²) < 4.78 is 4.19. The quantitative estimate of drug-likeness (QED) is 0.759. The molecule has 0 fully saturated rings. The van der Waals surface area contributed by atoms with Gasteiger partial charge in [0.15, 0.2) is 0 Å². The summed E-state index contributed by atoms with van der Waals surface area (Å²) in [5.74, 6) is 0. The summed E-state index contributed by atoms with van der Waals surface area (Å²) in [5.41, 5.74) is 1.29. The lowest BCUT2D eigenvalue weighted by Gasteiger charge is -2.15. The number of aryl methyl sites for hydroxylation is 1. The molecule has 2 rings (SSSR count). The fourth-order valence-corrected chi connectivity index (χ4v) is 3.51. The Balaban J connectivity index is 2.43. The number of hydrogen-bond donors (Lipinski definition) is 1. The summed E-state index contributed by atoms with van der Waals surface area (Å²) in [6.07, 6.45) is 3.48. The molecule has 0 aliphatic carbocycles. The van der Waals surface area contributed by atoms with Crippen LogP contribution in [0.3, 0.4) is 0 Å². The lowest BCUT2D eigenvalue weighted by atomic mass is 10.1. The summed E-state index contributed by atoms with van der Waals surface area (Å²) in [7, 11) is 0. The normalized spacial score (nSPS) is 12.7. The summed E-state index contributed by atoms with van der Waals surface area (Å²) in [4.78, 5) is 4.27. The van der Waals surface area contributed by atoms with Crippen LogP contribution in [0, 0.1) is 0 Å². The van der Waals surface area contributed by atoms with Gasteiger partial charge >= 0.3 is 0 Å². The molecule has 0 spiro atoms. The van der Waals surface area contributed by atoms with Gasteiger partial charge in [-0.25, -0.2) is 0 Å². The molecule has 0 saturated heterocycles. The Kier molecular flexibility index (Phi) is 5.16. The van der Waals surface area contributed by atoms with Gasteiger partial charge in [0, 0.05) is 21.7 Å². The molecule has 1 unspecified atom stereocenters. The highest BCUT2D eigenvalue weighted by atomic mass is 79.9. The van der Waals surface area contributed by atoms with Gasteiger partial charge in [0.05, 0.1) is 22.1 Å². The lowest BCUT2D eigenvalue weighted by molar-refractivity contribution is 0.201. The minimum absolute atomic E-state index is 0.571. The lowest BCUT2D eigenvalue weighted by Crippen LogP contribution is -2.12. The molecule has 102 valence electrons. The number of aliphatic hydroxyl groups excluding tert-OH is 1. The first-order valence-electron chi connectivity index (χ1n) is 5.74. The molecule has 0 radical (unpaired) electrons. The van der Waals surface area contributed by atoms with Crippen molar-refractivity contribution in [1.29, 1.82) is 0 Å². The van der Waals surface area contributed by atoms with E-state index in [0.29, 0.717) is 5.69 Å². The van der Waals surface area contributed by atoms with Crippen LogP contribution < -0.4 is 0 Å². The van der Waals surface area contributed by atoms with Crippen LogP contribution in [0.2, 0.25) is 0 Å². The van der Waals surface area contributed by atoms with E-state index in [0.717, 1.165) is 32.1 Å². The Bertz CT molecular complexity index is 586. The third kappa shape index (κ3) is 3.26. The van der Waals surface area contributed by atoms with Crippen molar-refractivity contribution >= 4 is 47.8 Å². The predicted octanol–water partition coefficient (Wildman–Crippen LogP) is 4.06. The summed E-state index contributed by atoms with van der Waals surface area (Å²) in [5, 5.41) is 14.8. The Morgan fingerprint density at radius 1 is 1.26 bits per heavy atom. The van der Waals surface area contributed by atoms with Gasteiger partial charge in [0.2, 0.25) is 0 Å². The van der Waals surface area contributed by atoms with Gasteiger partial charge in [-0.2, -0.15) is 5.10 Å². The fraction of sp³-hybridized carbons (Fsp3) is 0.333. The van der Waals surface area contributed by atoms with E-state index in [-0.39, 0.29) is 0 Å². The molecule has 7 heteroatoms. The van der Waals surface area contributed by atoms with Crippen LogP contribution in [0.5, 0.6) is 0 Å². The number of nitrogens with zero attached hydrogens (tertiary/aromatic N) is 3. The maximum Gasteiger partial charge on any atom is 0.140 e. The monoisotopic (exact) mass is 451 g/mol. The molecule has 1 atom stereocenters. The van der Waals surface area contributed by atoms with E-state index in [1.807, 2.05) is 6.07 Å². The van der Waals surface area contributed by atoms with Crippen LogP contribution in [-0.2, 0) is 6.54 Å². The molecule has 0 aliphatic heterocycles. The molecule has 0 amide bonds. The van der Waals surface area contributed by atoms with Crippen molar-refractivity contribution in [1.82, 2.24) is 14.8 Å². The van der Waals surface area contributed by atoms with E-state index in [1.165, 1.54) is 0 Å². The van der Waals surface area contributed by atoms with Crippen molar-refractivity contribution < 1.29 is 5.11 Å². The Morgan fingerprint density at radius 3 is 2.63 bits per heavy atom. The van der Waals surface area contributed by atoms with Crippen molar-refractivity contribution in [2.45, 2.75) is 26.0 Å². The highest BCUT2D eigenvalue weighted by Gasteiger charge is 2.22. The van der Waals surface area contributed by atoms with Crippen molar-refractivity contribution in [3.8, 4) is 0 Å². The number of pyridine rings is 1. The van der Waals surface area contributed by atoms with E-state index < -0.39 is 6.10 Å². The number of rotatable bonds is 4. The van der Waals surface area contributed by atoms with E-state index >= 15 is 0 Å². The molecule has 1 N–H and O–H groups in total. The smallest absolute Gasteiger partial charge is 0.140 e. The van der Waals surface area contributed by atoms with Gasteiger partial charge in [0.1, 0.15) is 6.10 Å². The summed E-state index contributed by atoms with van der Waals surface area (Å²) >= 11 is 10.2. The Morgan fingerprint density at radius 2 is 2.00 bits per heavy atom. The average molecular weight is 454 g/mol.